The molecule has 10 nitrogen and oxygen atoms in total. The summed E-state index contributed by atoms with van der Waals surface area (Å²) in [4.78, 5) is 32.2. The van der Waals surface area contributed by atoms with Gasteiger partial charge in [-0.15, -0.1) is 0 Å². The average Bonchev–Trinajstić information content (AvgIpc) is 3.63. The molecule has 0 atom stereocenters. The highest BCUT2D eigenvalue weighted by molar-refractivity contribution is 6.07. The van der Waals surface area contributed by atoms with Gasteiger partial charge in [-0.25, -0.2) is 19.9 Å². The third kappa shape index (κ3) is 3.23. The first kappa shape index (κ1) is 23.0. The van der Waals surface area contributed by atoms with Crippen LogP contribution in [0.5, 0.6) is 0 Å². The zero-order valence-corrected chi connectivity index (χ0v) is 22.5. The molecule has 0 aliphatic rings. The van der Waals surface area contributed by atoms with Gasteiger partial charge in [0.25, 0.3) is 0 Å². The normalized spacial score (nSPS) is 12.1. The van der Waals surface area contributed by atoms with Crippen molar-refractivity contribution in [2.45, 2.75) is 13.1 Å². The summed E-state index contributed by atoms with van der Waals surface area (Å²) in [7, 11) is 1.99. The van der Waals surface area contributed by atoms with Crippen molar-refractivity contribution >= 4 is 65.9 Å². The molecule has 0 saturated heterocycles. The van der Waals surface area contributed by atoms with E-state index in [1.54, 1.807) is 6.33 Å². The minimum absolute atomic E-state index is 0.601. The van der Waals surface area contributed by atoms with Gasteiger partial charge in [-0.1, -0.05) is 0 Å². The van der Waals surface area contributed by atoms with Crippen LogP contribution in [0, 0.1) is 0 Å². The molecule has 0 aliphatic carbocycles. The van der Waals surface area contributed by atoms with E-state index in [4.69, 9.17) is 9.97 Å². The fourth-order valence-electron chi connectivity index (χ4n) is 6.30. The smallest absolute Gasteiger partial charge is 0.145 e. The summed E-state index contributed by atoms with van der Waals surface area (Å²) in [6, 6.07) is 14.6. The Morgan fingerprint density at radius 2 is 1.43 bits per heavy atom. The Morgan fingerprint density at radius 1 is 0.595 bits per heavy atom. The van der Waals surface area contributed by atoms with Gasteiger partial charge in [-0.2, -0.15) is 0 Å². The van der Waals surface area contributed by atoms with Crippen molar-refractivity contribution < 1.29 is 0 Å². The van der Waals surface area contributed by atoms with Gasteiger partial charge >= 0.3 is 0 Å². The van der Waals surface area contributed by atoms with Crippen molar-refractivity contribution in [2.75, 3.05) is 0 Å². The molecule has 0 spiro atoms. The zero-order chi connectivity index (χ0) is 27.8. The van der Waals surface area contributed by atoms with E-state index in [1.165, 1.54) is 0 Å². The Labute approximate surface area is 238 Å². The molecule has 0 fully saturated rings. The molecular weight excluding hydrogens is 524 g/mol. The Hall–Kier alpha value is -5.77. The molecule has 0 aromatic carbocycles. The summed E-state index contributed by atoms with van der Waals surface area (Å²) in [6.45, 7) is 1.24. The van der Waals surface area contributed by atoms with Crippen LogP contribution < -0.4 is 0 Å². The highest BCUT2D eigenvalue weighted by atomic mass is 15.1. The number of pyridine rings is 5. The maximum Gasteiger partial charge on any atom is 0.145 e. The third-order valence-electron chi connectivity index (χ3n) is 8.19. The van der Waals surface area contributed by atoms with Crippen molar-refractivity contribution in [3.63, 3.8) is 0 Å². The van der Waals surface area contributed by atoms with Gasteiger partial charge in [-0.3, -0.25) is 15.0 Å². The summed E-state index contributed by atoms with van der Waals surface area (Å²) >= 11 is 0. The predicted octanol–water partition coefficient (Wildman–Crippen LogP) is 5.41. The van der Waals surface area contributed by atoms with Crippen LogP contribution in [0.1, 0.15) is 11.3 Å². The van der Waals surface area contributed by atoms with E-state index in [9.17, 15) is 0 Å². The molecule has 0 bridgehead atoms. The Morgan fingerprint density at radius 3 is 2.40 bits per heavy atom. The lowest BCUT2D eigenvalue weighted by Crippen LogP contribution is -2.03. The lowest BCUT2D eigenvalue weighted by molar-refractivity contribution is 0.834. The lowest BCUT2D eigenvalue weighted by Gasteiger charge is -2.09. The number of hydrogen-bond donors (Lipinski definition) is 0. The number of fused-ring (bicyclic) bond motifs is 9. The van der Waals surface area contributed by atoms with E-state index in [0.717, 1.165) is 77.2 Å². The lowest BCUT2D eigenvalue weighted by atomic mass is 10.2. The van der Waals surface area contributed by atoms with E-state index in [-0.39, 0.29) is 0 Å². The number of hydrogen-bond acceptors (Lipinski definition) is 7. The first-order chi connectivity index (χ1) is 20.7. The summed E-state index contributed by atoms with van der Waals surface area (Å²) in [5.41, 5.74) is 9.94. The van der Waals surface area contributed by atoms with Crippen LogP contribution in [0.15, 0.2) is 92.2 Å². The summed E-state index contributed by atoms with van der Waals surface area (Å²) in [5.74, 6) is 0. The Bertz CT molecular complexity index is 2450. The first-order valence-corrected chi connectivity index (χ1v) is 13.7. The number of nitrogens with zero attached hydrogens (tertiary/aromatic N) is 10. The van der Waals surface area contributed by atoms with Crippen LogP contribution in [0.3, 0.4) is 0 Å². The number of rotatable bonds is 4. The molecule has 9 heterocycles. The van der Waals surface area contributed by atoms with E-state index in [1.807, 2.05) is 67.1 Å². The van der Waals surface area contributed by atoms with E-state index in [0.29, 0.717) is 13.1 Å². The third-order valence-corrected chi connectivity index (χ3v) is 8.19. The molecule has 9 aromatic heterocycles. The highest BCUT2D eigenvalue weighted by Gasteiger charge is 2.17. The average molecular weight is 547 g/mol. The summed E-state index contributed by atoms with van der Waals surface area (Å²) in [5, 5.41) is 4.15. The quantitative estimate of drug-likeness (QED) is 0.291. The second-order valence-corrected chi connectivity index (χ2v) is 10.5. The predicted molar refractivity (Wildman–Crippen MR) is 162 cm³/mol. The standard InChI is InChI=1S/C32H22N10/c1-40-31-22(23-13-35-18-38-32(23)40)11-19(12-37-31)16-41-25-7-10-33-14-24(25)30-27(41)5-4-20(39-30)17-42-26-3-2-8-36-29(26)21-6-9-34-15-28(21)42/h2-15,18H,16-17H2,1H3. The molecule has 42 heavy (non-hydrogen) atoms. The monoisotopic (exact) mass is 546 g/mol. The Kier molecular flexibility index (Phi) is 4.71. The molecule has 0 N–H and O–H groups in total. The molecule has 0 amide bonds. The first-order valence-electron chi connectivity index (χ1n) is 13.7. The van der Waals surface area contributed by atoms with Crippen LogP contribution in [0.2, 0.25) is 0 Å². The van der Waals surface area contributed by atoms with Gasteiger partial charge in [0.1, 0.15) is 17.6 Å². The van der Waals surface area contributed by atoms with Gasteiger partial charge in [0.15, 0.2) is 0 Å². The van der Waals surface area contributed by atoms with Gasteiger partial charge in [0.05, 0.1) is 51.5 Å². The molecule has 9 aromatic rings. The van der Waals surface area contributed by atoms with Crippen molar-refractivity contribution in [1.82, 2.24) is 48.6 Å². The molecule has 9 rings (SSSR count). The molecule has 200 valence electrons. The van der Waals surface area contributed by atoms with Crippen LogP contribution in [0.25, 0.3) is 65.9 Å². The van der Waals surface area contributed by atoms with Gasteiger partial charge in [0, 0.05) is 72.3 Å². The maximum absolute atomic E-state index is 5.19. The van der Waals surface area contributed by atoms with Crippen molar-refractivity contribution in [3.05, 3.63) is 103 Å². The molecular formula is C32H22N10. The van der Waals surface area contributed by atoms with E-state index < -0.39 is 0 Å². The number of aryl methyl sites for hydroxylation is 1. The van der Waals surface area contributed by atoms with Gasteiger partial charge < -0.3 is 13.7 Å². The largest absolute Gasteiger partial charge is 0.334 e. The highest BCUT2D eigenvalue weighted by Crippen LogP contribution is 2.31. The van der Waals surface area contributed by atoms with Crippen molar-refractivity contribution in [3.8, 4) is 0 Å². The van der Waals surface area contributed by atoms with Gasteiger partial charge in [0.2, 0.25) is 0 Å². The fraction of sp³-hybridized carbons (Fsp3) is 0.0938. The molecule has 10 heteroatoms. The Balaban J connectivity index is 1.17. The number of aromatic nitrogens is 10. The second-order valence-electron chi connectivity index (χ2n) is 10.5. The van der Waals surface area contributed by atoms with Crippen molar-refractivity contribution in [2.24, 2.45) is 7.05 Å². The minimum Gasteiger partial charge on any atom is -0.334 e. The molecule has 0 aliphatic heterocycles. The summed E-state index contributed by atoms with van der Waals surface area (Å²) in [6.07, 6.45) is 14.7. The maximum atomic E-state index is 5.19. The molecule has 0 radical (unpaired) electrons. The minimum atomic E-state index is 0.601. The second kappa shape index (κ2) is 8.61. The molecule has 0 unspecified atom stereocenters. The van der Waals surface area contributed by atoms with Crippen LogP contribution in [-0.2, 0) is 20.1 Å². The van der Waals surface area contributed by atoms with Crippen LogP contribution in [0.4, 0.5) is 0 Å². The summed E-state index contributed by atoms with van der Waals surface area (Å²) < 4.78 is 6.55. The van der Waals surface area contributed by atoms with E-state index >= 15 is 0 Å². The topological polar surface area (TPSA) is 105 Å². The van der Waals surface area contributed by atoms with Crippen LogP contribution >= 0.6 is 0 Å². The fourth-order valence-corrected chi connectivity index (χ4v) is 6.30. The van der Waals surface area contributed by atoms with Crippen LogP contribution in [-0.4, -0.2) is 48.6 Å². The molecule has 0 saturated carbocycles. The van der Waals surface area contributed by atoms with Crippen molar-refractivity contribution in [1.29, 1.82) is 0 Å². The van der Waals surface area contributed by atoms with Gasteiger partial charge in [-0.05, 0) is 48.0 Å². The SMILES string of the molecule is Cn1c2ncncc2c2cc(Cn3c4ccncc4c4nc(Cn5c6cnccc6c6ncccc65)ccc43)cnc21. The van der Waals surface area contributed by atoms with E-state index in [2.05, 4.69) is 64.4 Å². The zero-order valence-electron chi connectivity index (χ0n) is 22.5.